The Hall–Kier alpha value is -1.31. The van der Waals surface area contributed by atoms with Gasteiger partial charge in [-0.05, 0) is 31.0 Å². The molecule has 1 fully saturated rings. The van der Waals surface area contributed by atoms with Gasteiger partial charge in [-0.1, -0.05) is 11.6 Å². The zero-order valence-electron chi connectivity index (χ0n) is 10.8. The highest BCUT2D eigenvalue weighted by Crippen LogP contribution is 2.26. The second-order valence-electron chi connectivity index (χ2n) is 4.56. The van der Waals surface area contributed by atoms with Gasteiger partial charge in [0.1, 0.15) is 6.10 Å². The number of anilines is 2. The average molecular weight is 319 g/mol. The fraction of sp³-hybridized carbons (Fsp3) is 0.417. The van der Waals surface area contributed by atoms with E-state index < -0.39 is 16.1 Å². The van der Waals surface area contributed by atoms with E-state index in [4.69, 9.17) is 16.3 Å². The average Bonchev–Trinajstić information content (AvgIpc) is 2.85. The van der Waals surface area contributed by atoms with Crippen LogP contribution in [0.4, 0.5) is 11.4 Å². The van der Waals surface area contributed by atoms with Crippen molar-refractivity contribution in [2.75, 3.05) is 22.9 Å². The van der Waals surface area contributed by atoms with E-state index in [9.17, 15) is 13.2 Å². The largest absolute Gasteiger partial charge is 0.368 e. The van der Waals surface area contributed by atoms with Crippen molar-refractivity contribution in [2.45, 2.75) is 18.9 Å². The number of amides is 1. The minimum Gasteiger partial charge on any atom is -0.368 e. The Morgan fingerprint density at radius 3 is 2.75 bits per heavy atom. The molecule has 0 saturated carbocycles. The number of sulfonamides is 1. The smallest absolute Gasteiger partial charge is 0.253 e. The van der Waals surface area contributed by atoms with Gasteiger partial charge in [-0.3, -0.25) is 9.52 Å². The molecule has 8 heteroatoms. The molecular formula is C12H15ClN2O4S. The van der Waals surface area contributed by atoms with Crippen molar-refractivity contribution >= 4 is 38.9 Å². The maximum absolute atomic E-state index is 11.8. The molecule has 2 rings (SSSR count). The maximum atomic E-state index is 11.8. The van der Waals surface area contributed by atoms with Crippen LogP contribution in [0.1, 0.15) is 12.8 Å². The van der Waals surface area contributed by atoms with Crippen LogP contribution in [0.2, 0.25) is 5.02 Å². The van der Waals surface area contributed by atoms with Gasteiger partial charge >= 0.3 is 0 Å². The molecule has 1 unspecified atom stereocenters. The second kappa shape index (κ2) is 5.99. The molecule has 0 aliphatic carbocycles. The quantitative estimate of drug-likeness (QED) is 0.887. The summed E-state index contributed by atoms with van der Waals surface area (Å²) in [5.41, 5.74) is 0.763. The van der Waals surface area contributed by atoms with E-state index in [-0.39, 0.29) is 16.6 Å². The van der Waals surface area contributed by atoms with Gasteiger partial charge in [0.25, 0.3) is 5.91 Å². The third-order valence-corrected chi connectivity index (χ3v) is 3.66. The lowest BCUT2D eigenvalue weighted by Crippen LogP contribution is -2.26. The van der Waals surface area contributed by atoms with E-state index >= 15 is 0 Å². The molecule has 0 spiro atoms. The van der Waals surface area contributed by atoms with E-state index in [1.54, 1.807) is 6.07 Å². The van der Waals surface area contributed by atoms with Crippen molar-refractivity contribution in [3.05, 3.63) is 23.2 Å². The lowest BCUT2D eigenvalue weighted by molar-refractivity contribution is -0.124. The molecule has 20 heavy (non-hydrogen) atoms. The van der Waals surface area contributed by atoms with Crippen molar-refractivity contribution in [3.8, 4) is 0 Å². The highest BCUT2D eigenvalue weighted by Gasteiger charge is 2.23. The van der Waals surface area contributed by atoms with Gasteiger partial charge in [-0.25, -0.2) is 8.42 Å². The number of carbonyl (C=O) groups is 1. The fourth-order valence-electron chi connectivity index (χ4n) is 1.88. The molecule has 0 radical (unpaired) electrons. The Labute approximate surface area is 122 Å². The summed E-state index contributed by atoms with van der Waals surface area (Å²) in [5, 5.41) is 2.90. The van der Waals surface area contributed by atoms with Crippen LogP contribution in [0.15, 0.2) is 18.2 Å². The van der Waals surface area contributed by atoms with E-state index in [2.05, 4.69) is 10.0 Å². The first-order valence-electron chi connectivity index (χ1n) is 6.05. The summed E-state index contributed by atoms with van der Waals surface area (Å²) in [6, 6.07) is 4.56. The first-order chi connectivity index (χ1) is 9.35. The normalized spacial score (nSPS) is 18.8. The topological polar surface area (TPSA) is 84.5 Å². The fourth-order valence-corrected chi connectivity index (χ4v) is 2.74. The molecule has 0 bridgehead atoms. The zero-order chi connectivity index (χ0) is 14.8. The van der Waals surface area contributed by atoms with Gasteiger partial charge in [0.2, 0.25) is 10.0 Å². The van der Waals surface area contributed by atoms with Gasteiger partial charge in [0, 0.05) is 12.3 Å². The number of nitrogens with one attached hydrogen (secondary N) is 2. The molecule has 1 saturated heterocycles. The summed E-state index contributed by atoms with van der Waals surface area (Å²) >= 11 is 5.97. The standard InChI is InChI=1S/C12H15ClN2O4S/c1-20(17,18)15-10-5-4-8(7-9(10)13)14-12(16)11-3-2-6-19-11/h4-5,7,11,15H,2-3,6H2,1H3,(H,14,16). The molecule has 1 amide bonds. The van der Waals surface area contributed by atoms with Crippen molar-refractivity contribution in [1.82, 2.24) is 0 Å². The second-order valence-corrected chi connectivity index (χ2v) is 6.72. The summed E-state index contributed by atoms with van der Waals surface area (Å²) in [6.45, 7) is 0.593. The van der Waals surface area contributed by atoms with E-state index in [0.717, 1.165) is 12.7 Å². The molecule has 2 N–H and O–H groups in total. The minimum atomic E-state index is -3.39. The zero-order valence-corrected chi connectivity index (χ0v) is 12.4. The molecule has 1 aromatic carbocycles. The summed E-state index contributed by atoms with van der Waals surface area (Å²) in [5.74, 6) is -0.220. The van der Waals surface area contributed by atoms with Gasteiger partial charge in [0.05, 0.1) is 17.0 Å². The van der Waals surface area contributed by atoms with Gasteiger partial charge in [-0.2, -0.15) is 0 Å². The SMILES string of the molecule is CS(=O)(=O)Nc1ccc(NC(=O)C2CCCO2)cc1Cl. The van der Waals surface area contributed by atoms with E-state index in [1.165, 1.54) is 12.1 Å². The first kappa shape index (κ1) is 15.1. The number of benzene rings is 1. The highest BCUT2D eigenvalue weighted by atomic mass is 35.5. The first-order valence-corrected chi connectivity index (χ1v) is 8.32. The molecule has 110 valence electrons. The van der Waals surface area contributed by atoms with Crippen molar-refractivity contribution < 1.29 is 17.9 Å². The predicted octanol–water partition coefficient (Wildman–Crippen LogP) is 1.83. The van der Waals surface area contributed by atoms with Crippen LogP contribution < -0.4 is 10.0 Å². The number of ether oxygens (including phenoxy) is 1. The van der Waals surface area contributed by atoms with Crippen molar-refractivity contribution in [3.63, 3.8) is 0 Å². The molecule has 0 aromatic heterocycles. The lowest BCUT2D eigenvalue weighted by Gasteiger charge is -2.12. The summed E-state index contributed by atoms with van der Waals surface area (Å²) in [6.07, 6.45) is 2.18. The molecule has 1 aliphatic heterocycles. The summed E-state index contributed by atoms with van der Waals surface area (Å²) < 4.78 is 29.8. The Balaban J connectivity index is 2.07. The molecule has 1 aliphatic rings. The predicted molar refractivity (Wildman–Crippen MR) is 77.5 cm³/mol. The third-order valence-electron chi connectivity index (χ3n) is 2.75. The number of carbonyl (C=O) groups excluding carboxylic acids is 1. The van der Waals surface area contributed by atoms with Gasteiger partial charge in [0.15, 0.2) is 0 Å². The third kappa shape index (κ3) is 4.09. The van der Waals surface area contributed by atoms with Gasteiger partial charge < -0.3 is 10.1 Å². The Kier molecular flexibility index (Phi) is 4.52. The number of halogens is 1. The molecular weight excluding hydrogens is 304 g/mol. The number of rotatable bonds is 4. The molecule has 6 nitrogen and oxygen atoms in total. The molecule has 1 atom stereocenters. The van der Waals surface area contributed by atoms with Crippen LogP contribution >= 0.6 is 11.6 Å². The Morgan fingerprint density at radius 2 is 2.20 bits per heavy atom. The van der Waals surface area contributed by atoms with Crippen LogP contribution in [0.5, 0.6) is 0 Å². The number of hydrogen-bond donors (Lipinski definition) is 2. The van der Waals surface area contributed by atoms with Crippen molar-refractivity contribution in [2.24, 2.45) is 0 Å². The summed E-state index contributed by atoms with van der Waals surface area (Å²) in [7, 11) is -3.39. The summed E-state index contributed by atoms with van der Waals surface area (Å²) in [4.78, 5) is 11.8. The molecule has 1 heterocycles. The molecule has 1 aromatic rings. The van der Waals surface area contributed by atoms with E-state index in [0.29, 0.717) is 18.7 Å². The lowest BCUT2D eigenvalue weighted by atomic mass is 10.2. The maximum Gasteiger partial charge on any atom is 0.253 e. The minimum absolute atomic E-state index is 0.209. The van der Waals surface area contributed by atoms with Crippen LogP contribution in [0.25, 0.3) is 0 Å². The van der Waals surface area contributed by atoms with Crippen LogP contribution in [-0.2, 0) is 19.6 Å². The van der Waals surface area contributed by atoms with Crippen LogP contribution in [-0.4, -0.2) is 33.3 Å². The van der Waals surface area contributed by atoms with E-state index in [1.807, 2.05) is 0 Å². The highest BCUT2D eigenvalue weighted by molar-refractivity contribution is 7.92. The Morgan fingerprint density at radius 1 is 1.45 bits per heavy atom. The van der Waals surface area contributed by atoms with Gasteiger partial charge in [-0.15, -0.1) is 0 Å². The number of hydrogen-bond acceptors (Lipinski definition) is 4. The van der Waals surface area contributed by atoms with Crippen molar-refractivity contribution in [1.29, 1.82) is 0 Å². The van der Waals surface area contributed by atoms with Crippen LogP contribution in [0, 0.1) is 0 Å². The monoisotopic (exact) mass is 318 g/mol. The van der Waals surface area contributed by atoms with Crippen LogP contribution in [0.3, 0.4) is 0 Å². The Bertz CT molecular complexity index is 612.